The molecule has 26 heavy (non-hydrogen) atoms. The van der Waals surface area contributed by atoms with Crippen LogP contribution < -0.4 is 5.32 Å². The van der Waals surface area contributed by atoms with E-state index in [9.17, 15) is 9.59 Å². The Bertz CT molecular complexity index is 929. The average molecular weight is 370 g/mol. The lowest BCUT2D eigenvalue weighted by Gasteiger charge is -2.06. The van der Waals surface area contributed by atoms with Crippen molar-refractivity contribution in [3.8, 4) is 0 Å². The number of hydrogen-bond donors (Lipinski definition) is 1. The van der Waals surface area contributed by atoms with E-state index >= 15 is 0 Å². The number of carbonyl (C=O) groups excluding carboxylic acids is 2. The minimum atomic E-state index is -0.537. The third-order valence-electron chi connectivity index (χ3n) is 3.62. The highest BCUT2D eigenvalue weighted by Gasteiger charge is 2.14. The highest BCUT2D eigenvalue weighted by atomic mass is 32.1. The number of aromatic nitrogens is 1. The van der Waals surface area contributed by atoms with Gasteiger partial charge in [-0.3, -0.25) is 4.79 Å². The van der Waals surface area contributed by atoms with Crippen LogP contribution in [0.1, 0.15) is 32.6 Å². The number of aryl methyl sites for hydroxylation is 2. The molecule has 0 aliphatic heterocycles. The molecule has 0 aliphatic carbocycles. The van der Waals surface area contributed by atoms with Crippen LogP contribution in [0.4, 0.5) is 5.69 Å². The van der Waals surface area contributed by atoms with Crippen molar-refractivity contribution >= 4 is 28.9 Å². The van der Waals surface area contributed by atoms with Gasteiger partial charge in [-0.1, -0.05) is 18.2 Å². The standard InChI is InChI=1S/C19H18N2O4S/c1-12-5-3-4-6-15(12)21-17(22)9-18-20-14(11-26-18)10-24-19(23)16-8-7-13(2)25-16/h3-8,11H,9-10H2,1-2H3,(H,21,22). The fourth-order valence-corrected chi connectivity index (χ4v) is 3.07. The number of esters is 1. The molecule has 3 rings (SSSR count). The van der Waals surface area contributed by atoms with Crippen LogP contribution in [0.2, 0.25) is 0 Å². The lowest BCUT2D eigenvalue weighted by molar-refractivity contribution is -0.115. The smallest absolute Gasteiger partial charge is 0.374 e. The molecular formula is C19H18N2O4S. The molecule has 0 atom stereocenters. The second kappa shape index (κ2) is 7.97. The van der Waals surface area contributed by atoms with E-state index in [2.05, 4.69) is 10.3 Å². The van der Waals surface area contributed by atoms with E-state index in [-0.39, 0.29) is 24.7 Å². The van der Waals surface area contributed by atoms with E-state index in [1.165, 1.54) is 11.3 Å². The first-order valence-electron chi connectivity index (χ1n) is 8.03. The number of rotatable bonds is 6. The van der Waals surface area contributed by atoms with Crippen molar-refractivity contribution in [3.05, 3.63) is 69.6 Å². The van der Waals surface area contributed by atoms with E-state index < -0.39 is 5.97 Å². The molecule has 0 unspecified atom stereocenters. The van der Waals surface area contributed by atoms with Gasteiger partial charge in [0.15, 0.2) is 0 Å². The molecule has 0 saturated carbocycles. The molecule has 134 valence electrons. The Labute approximate surface area is 154 Å². The molecule has 0 aliphatic rings. The van der Waals surface area contributed by atoms with Crippen molar-refractivity contribution in [1.82, 2.24) is 4.98 Å². The number of para-hydroxylation sites is 1. The Hall–Kier alpha value is -2.93. The Balaban J connectivity index is 1.52. The van der Waals surface area contributed by atoms with Gasteiger partial charge < -0.3 is 14.5 Å². The number of thiazole rings is 1. The van der Waals surface area contributed by atoms with Crippen LogP contribution >= 0.6 is 11.3 Å². The molecular weight excluding hydrogens is 352 g/mol. The minimum Gasteiger partial charge on any atom is -0.454 e. The predicted octanol–water partition coefficient (Wildman–Crippen LogP) is 3.89. The molecule has 2 aromatic heterocycles. The summed E-state index contributed by atoms with van der Waals surface area (Å²) in [6, 6.07) is 10.9. The molecule has 1 aromatic carbocycles. The number of amides is 1. The van der Waals surface area contributed by atoms with Crippen molar-refractivity contribution in [1.29, 1.82) is 0 Å². The van der Waals surface area contributed by atoms with Gasteiger partial charge in [0.05, 0.1) is 12.1 Å². The highest BCUT2D eigenvalue weighted by molar-refractivity contribution is 7.09. The van der Waals surface area contributed by atoms with Crippen molar-refractivity contribution < 1.29 is 18.7 Å². The Kier molecular flexibility index (Phi) is 5.48. The minimum absolute atomic E-state index is 0.0362. The SMILES string of the molecule is Cc1ccc(C(=O)OCc2csc(CC(=O)Nc3ccccc3C)n2)o1. The fourth-order valence-electron chi connectivity index (χ4n) is 2.30. The molecule has 3 aromatic rings. The van der Waals surface area contributed by atoms with Gasteiger partial charge in [0, 0.05) is 11.1 Å². The monoisotopic (exact) mass is 370 g/mol. The van der Waals surface area contributed by atoms with Crippen LogP contribution in [0.3, 0.4) is 0 Å². The fraction of sp³-hybridized carbons (Fsp3) is 0.211. The summed E-state index contributed by atoms with van der Waals surface area (Å²) < 4.78 is 10.4. The van der Waals surface area contributed by atoms with Crippen LogP contribution in [0, 0.1) is 13.8 Å². The van der Waals surface area contributed by atoms with E-state index in [1.807, 2.05) is 31.2 Å². The summed E-state index contributed by atoms with van der Waals surface area (Å²) in [5.74, 6) is 0.135. The van der Waals surface area contributed by atoms with Gasteiger partial charge in [-0.2, -0.15) is 0 Å². The maximum absolute atomic E-state index is 12.2. The number of nitrogens with one attached hydrogen (secondary N) is 1. The quantitative estimate of drug-likeness (QED) is 0.666. The first-order chi connectivity index (χ1) is 12.5. The third-order valence-corrected chi connectivity index (χ3v) is 4.52. The Morgan fingerprint density at radius 3 is 2.73 bits per heavy atom. The second-order valence-corrected chi connectivity index (χ2v) is 6.70. The van der Waals surface area contributed by atoms with Crippen LogP contribution in [0.15, 0.2) is 46.2 Å². The van der Waals surface area contributed by atoms with Gasteiger partial charge in [-0.25, -0.2) is 9.78 Å². The van der Waals surface area contributed by atoms with Crippen molar-refractivity contribution in [2.45, 2.75) is 26.9 Å². The number of hydrogen-bond acceptors (Lipinski definition) is 6. The molecule has 7 heteroatoms. The molecule has 2 heterocycles. The van der Waals surface area contributed by atoms with Crippen molar-refractivity contribution in [2.24, 2.45) is 0 Å². The van der Waals surface area contributed by atoms with Crippen LogP contribution in [-0.2, 0) is 22.6 Å². The van der Waals surface area contributed by atoms with E-state index in [1.54, 1.807) is 24.4 Å². The molecule has 6 nitrogen and oxygen atoms in total. The molecule has 0 saturated heterocycles. The zero-order valence-corrected chi connectivity index (χ0v) is 15.3. The van der Waals surface area contributed by atoms with Gasteiger partial charge in [-0.15, -0.1) is 11.3 Å². The zero-order chi connectivity index (χ0) is 18.5. The number of ether oxygens (including phenoxy) is 1. The van der Waals surface area contributed by atoms with Crippen LogP contribution in [0.25, 0.3) is 0 Å². The number of benzene rings is 1. The lowest BCUT2D eigenvalue weighted by atomic mass is 10.2. The summed E-state index contributed by atoms with van der Waals surface area (Å²) >= 11 is 1.36. The topological polar surface area (TPSA) is 81.4 Å². The van der Waals surface area contributed by atoms with Crippen LogP contribution in [0.5, 0.6) is 0 Å². The molecule has 1 amide bonds. The first-order valence-corrected chi connectivity index (χ1v) is 8.91. The van der Waals surface area contributed by atoms with E-state index in [4.69, 9.17) is 9.15 Å². The number of anilines is 1. The zero-order valence-electron chi connectivity index (χ0n) is 14.4. The molecule has 1 N–H and O–H groups in total. The average Bonchev–Trinajstić information content (AvgIpc) is 3.24. The van der Waals surface area contributed by atoms with Gasteiger partial charge >= 0.3 is 5.97 Å². The molecule has 0 bridgehead atoms. The number of carbonyl (C=O) groups is 2. The number of furan rings is 1. The molecule has 0 fully saturated rings. The highest BCUT2D eigenvalue weighted by Crippen LogP contribution is 2.16. The second-order valence-electron chi connectivity index (χ2n) is 5.76. The summed E-state index contributed by atoms with van der Waals surface area (Å²) in [4.78, 5) is 28.3. The molecule has 0 radical (unpaired) electrons. The summed E-state index contributed by atoms with van der Waals surface area (Å²) in [5.41, 5.74) is 2.39. The maximum atomic E-state index is 12.2. The van der Waals surface area contributed by atoms with Crippen molar-refractivity contribution in [2.75, 3.05) is 5.32 Å². The van der Waals surface area contributed by atoms with Gasteiger partial charge in [0.1, 0.15) is 17.4 Å². The summed E-state index contributed by atoms with van der Waals surface area (Å²) in [6.45, 7) is 3.73. The summed E-state index contributed by atoms with van der Waals surface area (Å²) in [5, 5.41) is 5.31. The van der Waals surface area contributed by atoms with Gasteiger partial charge in [-0.05, 0) is 37.6 Å². The number of nitrogens with zero attached hydrogens (tertiary/aromatic N) is 1. The molecule has 0 spiro atoms. The first kappa shape index (κ1) is 17.9. The predicted molar refractivity (Wildman–Crippen MR) is 98.2 cm³/mol. The van der Waals surface area contributed by atoms with Crippen molar-refractivity contribution in [3.63, 3.8) is 0 Å². The van der Waals surface area contributed by atoms with E-state index in [0.717, 1.165) is 11.3 Å². The van der Waals surface area contributed by atoms with Crippen LogP contribution in [-0.4, -0.2) is 16.9 Å². The third kappa shape index (κ3) is 4.58. The lowest BCUT2D eigenvalue weighted by Crippen LogP contribution is -2.15. The van der Waals surface area contributed by atoms with E-state index in [0.29, 0.717) is 16.5 Å². The normalized spacial score (nSPS) is 10.5. The Morgan fingerprint density at radius 1 is 1.19 bits per heavy atom. The van der Waals surface area contributed by atoms with Gasteiger partial charge in [0.25, 0.3) is 0 Å². The van der Waals surface area contributed by atoms with Gasteiger partial charge in [0.2, 0.25) is 11.7 Å². The maximum Gasteiger partial charge on any atom is 0.374 e. The Morgan fingerprint density at radius 2 is 2.00 bits per heavy atom. The largest absolute Gasteiger partial charge is 0.454 e. The summed E-state index contributed by atoms with van der Waals surface area (Å²) in [7, 11) is 0. The summed E-state index contributed by atoms with van der Waals surface area (Å²) in [6.07, 6.45) is 0.171.